The molecule has 3 amide bonds. The maximum atomic E-state index is 12.5. The van der Waals surface area contributed by atoms with Crippen molar-refractivity contribution >= 4 is 45.2 Å². The molecule has 0 aromatic heterocycles. The number of aryl methyl sites for hydroxylation is 1. The molecule has 0 unspecified atom stereocenters. The molecule has 1 saturated heterocycles. The summed E-state index contributed by atoms with van der Waals surface area (Å²) in [6.45, 7) is 4.02. The van der Waals surface area contributed by atoms with Gasteiger partial charge in [-0.2, -0.15) is 0 Å². The Balaban J connectivity index is 1.50. The Labute approximate surface area is 172 Å². The summed E-state index contributed by atoms with van der Waals surface area (Å²) in [7, 11) is 0. The third-order valence-corrected chi connectivity index (χ3v) is 5.55. The van der Waals surface area contributed by atoms with Gasteiger partial charge < -0.3 is 15.1 Å². The van der Waals surface area contributed by atoms with E-state index in [2.05, 4.69) is 21.2 Å². The molecule has 1 aliphatic rings. The molecule has 1 heterocycles. The smallest absolute Gasteiger partial charge is 0.321 e. The lowest BCUT2D eigenvalue weighted by Crippen LogP contribution is -2.52. The van der Waals surface area contributed by atoms with Crippen LogP contribution in [0.3, 0.4) is 0 Å². The van der Waals surface area contributed by atoms with Crippen molar-refractivity contribution in [2.24, 2.45) is 0 Å². The number of benzene rings is 2. The number of piperazine rings is 1. The molecule has 5 nitrogen and oxygen atoms in total. The molecule has 0 radical (unpaired) electrons. The first-order valence-electron chi connectivity index (χ1n) is 8.76. The molecule has 0 aliphatic carbocycles. The Morgan fingerprint density at radius 1 is 1.04 bits per heavy atom. The average Bonchev–Trinajstić information content (AvgIpc) is 2.66. The summed E-state index contributed by atoms with van der Waals surface area (Å²) in [6.07, 6.45) is 0.376. The number of carbonyl (C=O) groups is 2. The summed E-state index contributed by atoms with van der Waals surface area (Å²) >= 11 is 9.49. The summed E-state index contributed by atoms with van der Waals surface area (Å²) < 4.78 is 0.994. The zero-order chi connectivity index (χ0) is 19.4. The average molecular weight is 451 g/mol. The highest BCUT2D eigenvalue weighted by Gasteiger charge is 2.24. The van der Waals surface area contributed by atoms with Crippen LogP contribution in [0.4, 0.5) is 10.5 Å². The van der Waals surface area contributed by atoms with Crippen molar-refractivity contribution in [1.29, 1.82) is 0 Å². The molecule has 0 spiro atoms. The van der Waals surface area contributed by atoms with Gasteiger partial charge in [0.05, 0.1) is 6.42 Å². The summed E-state index contributed by atoms with van der Waals surface area (Å²) in [5.74, 6) is 0.0858. The van der Waals surface area contributed by atoms with Crippen LogP contribution < -0.4 is 5.32 Å². The van der Waals surface area contributed by atoms with Gasteiger partial charge in [0.25, 0.3) is 0 Å². The normalized spacial score (nSPS) is 14.2. The Hall–Kier alpha value is -2.05. The van der Waals surface area contributed by atoms with E-state index in [0.717, 1.165) is 15.6 Å². The fraction of sp³-hybridized carbons (Fsp3) is 0.300. The van der Waals surface area contributed by atoms with Gasteiger partial charge in [-0.1, -0.05) is 45.7 Å². The largest absolute Gasteiger partial charge is 0.339 e. The predicted molar refractivity (Wildman–Crippen MR) is 111 cm³/mol. The summed E-state index contributed by atoms with van der Waals surface area (Å²) in [5, 5.41) is 3.48. The van der Waals surface area contributed by atoms with E-state index >= 15 is 0 Å². The lowest BCUT2D eigenvalue weighted by molar-refractivity contribution is -0.131. The van der Waals surface area contributed by atoms with Crippen molar-refractivity contribution in [2.75, 3.05) is 31.5 Å². The first kappa shape index (κ1) is 19.7. The van der Waals surface area contributed by atoms with Crippen molar-refractivity contribution in [1.82, 2.24) is 9.80 Å². The van der Waals surface area contributed by atoms with Crippen LogP contribution in [0.15, 0.2) is 46.9 Å². The fourth-order valence-electron chi connectivity index (χ4n) is 2.92. The minimum atomic E-state index is -0.171. The molecule has 2 aromatic carbocycles. The Morgan fingerprint density at radius 2 is 1.67 bits per heavy atom. The van der Waals surface area contributed by atoms with E-state index in [1.807, 2.05) is 48.2 Å². The van der Waals surface area contributed by atoms with Crippen LogP contribution in [-0.4, -0.2) is 47.9 Å². The van der Waals surface area contributed by atoms with Crippen molar-refractivity contribution < 1.29 is 9.59 Å². The van der Waals surface area contributed by atoms with Crippen molar-refractivity contribution in [3.63, 3.8) is 0 Å². The van der Waals surface area contributed by atoms with Crippen molar-refractivity contribution in [3.05, 3.63) is 63.1 Å². The van der Waals surface area contributed by atoms with E-state index in [4.69, 9.17) is 11.6 Å². The minimum Gasteiger partial charge on any atom is -0.339 e. The van der Waals surface area contributed by atoms with E-state index in [0.29, 0.717) is 43.3 Å². The van der Waals surface area contributed by atoms with Crippen LogP contribution in [0.25, 0.3) is 0 Å². The molecule has 2 aromatic rings. The number of urea groups is 1. The van der Waals surface area contributed by atoms with E-state index in [1.54, 1.807) is 11.0 Å². The Morgan fingerprint density at radius 3 is 2.30 bits per heavy atom. The van der Waals surface area contributed by atoms with Crippen LogP contribution in [0.1, 0.15) is 11.1 Å². The molecule has 142 valence electrons. The van der Waals surface area contributed by atoms with Gasteiger partial charge in [-0.15, -0.1) is 0 Å². The molecule has 1 aliphatic heterocycles. The molecule has 7 heteroatoms. The second-order valence-corrected chi connectivity index (χ2v) is 7.89. The Kier molecular flexibility index (Phi) is 6.39. The molecule has 1 fully saturated rings. The van der Waals surface area contributed by atoms with Gasteiger partial charge in [-0.3, -0.25) is 4.79 Å². The zero-order valence-electron chi connectivity index (χ0n) is 15.0. The van der Waals surface area contributed by atoms with E-state index in [-0.39, 0.29) is 11.9 Å². The minimum absolute atomic E-state index is 0.0858. The highest BCUT2D eigenvalue weighted by Crippen LogP contribution is 2.20. The van der Waals surface area contributed by atoms with Gasteiger partial charge in [0.1, 0.15) is 0 Å². The molecular formula is C20H21BrClN3O2. The number of nitrogens with one attached hydrogen (secondary N) is 1. The first-order valence-corrected chi connectivity index (χ1v) is 9.94. The van der Waals surface area contributed by atoms with Gasteiger partial charge in [0.2, 0.25) is 5.91 Å². The number of carbonyl (C=O) groups excluding carboxylic acids is 2. The van der Waals surface area contributed by atoms with Gasteiger partial charge in [0, 0.05) is 41.4 Å². The summed E-state index contributed by atoms with van der Waals surface area (Å²) in [5.41, 5.74) is 2.62. The molecule has 27 heavy (non-hydrogen) atoms. The van der Waals surface area contributed by atoms with Crippen LogP contribution in [0.2, 0.25) is 5.02 Å². The number of anilines is 1. The second-order valence-electron chi connectivity index (χ2n) is 6.57. The lowest BCUT2D eigenvalue weighted by Gasteiger charge is -2.34. The van der Waals surface area contributed by atoms with Crippen LogP contribution in [0, 0.1) is 6.92 Å². The van der Waals surface area contributed by atoms with Gasteiger partial charge in [-0.05, 0) is 42.3 Å². The number of amides is 3. The number of halogens is 2. The van der Waals surface area contributed by atoms with E-state index in [9.17, 15) is 9.59 Å². The SMILES string of the molecule is Cc1ccc(NC(=O)N2CCN(C(=O)Cc3ccc(Br)cc3)CC2)cc1Cl. The third-order valence-electron chi connectivity index (χ3n) is 4.61. The van der Waals surface area contributed by atoms with Gasteiger partial charge in [-0.25, -0.2) is 4.79 Å². The maximum Gasteiger partial charge on any atom is 0.321 e. The van der Waals surface area contributed by atoms with Crippen LogP contribution >= 0.6 is 27.5 Å². The Bertz CT molecular complexity index is 834. The number of rotatable bonds is 3. The molecule has 1 N–H and O–H groups in total. The van der Waals surface area contributed by atoms with Crippen LogP contribution in [-0.2, 0) is 11.2 Å². The molecule has 0 saturated carbocycles. The van der Waals surface area contributed by atoms with E-state index in [1.165, 1.54) is 0 Å². The maximum absolute atomic E-state index is 12.5. The van der Waals surface area contributed by atoms with Crippen molar-refractivity contribution in [2.45, 2.75) is 13.3 Å². The third kappa shape index (κ3) is 5.23. The molecular weight excluding hydrogens is 430 g/mol. The zero-order valence-corrected chi connectivity index (χ0v) is 17.4. The summed E-state index contributed by atoms with van der Waals surface area (Å²) in [4.78, 5) is 28.4. The second kappa shape index (κ2) is 8.76. The highest BCUT2D eigenvalue weighted by atomic mass is 79.9. The first-order chi connectivity index (χ1) is 12.9. The molecule has 3 rings (SSSR count). The monoisotopic (exact) mass is 449 g/mol. The quantitative estimate of drug-likeness (QED) is 0.757. The van der Waals surface area contributed by atoms with Gasteiger partial charge in [0.15, 0.2) is 0 Å². The lowest BCUT2D eigenvalue weighted by atomic mass is 10.1. The van der Waals surface area contributed by atoms with Crippen LogP contribution in [0.5, 0.6) is 0 Å². The fourth-order valence-corrected chi connectivity index (χ4v) is 3.37. The van der Waals surface area contributed by atoms with E-state index < -0.39 is 0 Å². The van der Waals surface area contributed by atoms with Crippen molar-refractivity contribution in [3.8, 4) is 0 Å². The molecule has 0 atom stereocenters. The number of hydrogen-bond donors (Lipinski definition) is 1. The molecule has 0 bridgehead atoms. The standard InChI is InChI=1S/C20H21BrClN3O2/c1-14-2-7-17(13-18(14)22)23-20(27)25-10-8-24(9-11-25)19(26)12-15-3-5-16(21)6-4-15/h2-7,13H,8-12H2,1H3,(H,23,27). The highest BCUT2D eigenvalue weighted by molar-refractivity contribution is 9.10. The predicted octanol–water partition coefficient (Wildman–Crippen LogP) is 4.33. The van der Waals surface area contributed by atoms with Gasteiger partial charge >= 0.3 is 6.03 Å². The topological polar surface area (TPSA) is 52.7 Å². The number of hydrogen-bond acceptors (Lipinski definition) is 2. The summed E-state index contributed by atoms with van der Waals surface area (Å²) in [6, 6.07) is 13.0. The number of nitrogens with zero attached hydrogens (tertiary/aromatic N) is 2.